The number of rotatable bonds is 13. The minimum atomic E-state index is -0.365. The molecule has 3 rings (SSSR count). The Labute approximate surface area is 193 Å². The summed E-state index contributed by atoms with van der Waals surface area (Å²) in [5.74, 6) is 1.09. The van der Waals surface area contributed by atoms with Gasteiger partial charge in [-0.05, 0) is 42.5 Å². The molecule has 0 N–H and O–H groups in total. The van der Waals surface area contributed by atoms with Gasteiger partial charge in [-0.2, -0.15) is 5.10 Å². The molecule has 0 aliphatic rings. The number of benzene rings is 2. The second-order valence-electron chi connectivity index (χ2n) is 7.43. The third-order valence-electron chi connectivity index (χ3n) is 5.00. The van der Waals surface area contributed by atoms with Gasteiger partial charge >= 0.3 is 0 Å². The van der Waals surface area contributed by atoms with E-state index in [1.54, 1.807) is 7.11 Å². The monoisotopic (exact) mass is 456 g/mol. The van der Waals surface area contributed by atoms with Crippen LogP contribution < -0.4 is 15.0 Å². The zero-order valence-electron chi connectivity index (χ0n) is 18.3. The molecule has 170 valence electrons. The number of unbranched alkanes of at least 4 members (excludes halogenated alkanes) is 3. The molecule has 0 spiro atoms. The van der Waals surface area contributed by atoms with Crippen molar-refractivity contribution in [2.24, 2.45) is 0 Å². The summed E-state index contributed by atoms with van der Waals surface area (Å²) >= 11 is 6.23. The van der Waals surface area contributed by atoms with Crippen molar-refractivity contribution in [3.8, 4) is 11.5 Å². The maximum atomic E-state index is 12.5. The van der Waals surface area contributed by atoms with Crippen LogP contribution >= 0.6 is 11.6 Å². The first kappa shape index (κ1) is 23.8. The van der Waals surface area contributed by atoms with Gasteiger partial charge in [0.2, 0.25) is 0 Å². The van der Waals surface area contributed by atoms with Crippen LogP contribution in [0.15, 0.2) is 65.6 Å². The standard InChI is InChI=1S/C25H29ClN2O4/c1-30-22-13-11-20(12-14-22)18-28-25(29)24(26)23(17-27-28)32-16-8-3-2-7-15-31-19-21-9-5-4-6-10-21/h4-6,9-14,17H,2-3,7-8,15-16,18-19H2,1H3. The van der Waals surface area contributed by atoms with Crippen molar-refractivity contribution >= 4 is 11.6 Å². The normalized spacial score (nSPS) is 10.8. The van der Waals surface area contributed by atoms with Crippen LogP contribution in [0.1, 0.15) is 36.8 Å². The molecule has 0 bridgehead atoms. The van der Waals surface area contributed by atoms with Crippen LogP contribution in [0.3, 0.4) is 0 Å². The van der Waals surface area contributed by atoms with Gasteiger partial charge in [0.05, 0.1) is 33.1 Å². The second kappa shape index (κ2) is 12.9. The van der Waals surface area contributed by atoms with E-state index in [0.717, 1.165) is 43.6 Å². The van der Waals surface area contributed by atoms with E-state index >= 15 is 0 Å². The summed E-state index contributed by atoms with van der Waals surface area (Å²) in [6.07, 6.45) is 5.48. The number of methoxy groups -OCH3 is 1. The van der Waals surface area contributed by atoms with Gasteiger partial charge in [-0.25, -0.2) is 4.68 Å². The van der Waals surface area contributed by atoms with E-state index in [1.165, 1.54) is 16.4 Å². The van der Waals surface area contributed by atoms with Crippen molar-refractivity contribution < 1.29 is 14.2 Å². The van der Waals surface area contributed by atoms with Crippen LogP contribution in [0.5, 0.6) is 11.5 Å². The summed E-state index contributed by atoms with van der Waals surface area (Å²) in [5, 5.41) is 4.26. The third-order valence-corrected chi connectivity index (χ3v) is 5.34. The third kappa shape index (κ3) is 7.39. The smallest absolute Gasteiger partial charge is 0.289 e. The van der Waals surface area contributed by atoms with Crippen molar-refractivity contribution in [2.75, 3.05) is 20.3 Å². The zero-order valence-corrected chi connectivity index (χ0v) is 19.1. The van der Waals surface area contributed by atoms with Gasteiger partial charge in [-0.15, -0.1) is 0 Å². The first-order chi connectivity index (χ1) is 15.7. The molecule has 6 nitrogen and oxygen atoms in total. The molecule has 2 aromatic carbocycles. The molecule has 1 aromatic heterocycles. The van der Waals surface area contributed by atoms with Gasteiger partial charge in [0.15, 0.2) is 10.8 Å². The highest BCUT2D eigenvalue weighted by molar-refractivity contribution is 6.31. The fraction of sp³-hybridized carbons (Fsp3) is 0.360. The Morgan fingerprint density at radius 1 is 0.906 bits per heavy atom. The van der Waals surface area contributed by atoms with Crippen LogP contribution in [0.2, 0.25) is 5.02 Å². The molecular weight excluding hydrogens is 428 g/mol. The molecule has 0 unspecified atom stereocenters. The Kier molecular flexibility index (Phi) is 9.60. The van der Waals surface area contributed by atoms with Gasteiger partial charge in [0.1, 0.15) is 5.75 Å². The highest BCUT2D eigenvalue weighted by atomic mass is 35.5. The number of ether oxygens (including phenoxy) is 3. The molecular formula is C25H29ClN2O4. The van der Waals surface area contributed by atoms with E-state index in [1.807, 2.05) is 42.5 Å². The van der Waals surface area contributed by atoms with Crippen molar-refractivity contribution in [1.29, 1.82) is 0 Å². The molecule has 7 heteroatoms. The zero-order chi connectivity index (χ0) is 22.6. The summed E-state index contributed by atoms with van der Waals surface area (Å²) in [6, 6.07) is 17.6. The predicted molar refractivity (Wildman–Crippen MR) is 126 cm³/mol. The maximum Gasteiger partial charge on any atom is 0.289 e. The first-order valence-corrected chi connectivity index (χ1v) is 11.2. The summed E-state index contributed by atoms with van der Waals surface area (Å²) in [4.78, 5) is 12.5. The average Bonchev–Trinajstić information content (AvgIpc) is 2.83. The minimum Gasteiger partial charge on any atom is -0.497 e. The van der Waals surface area contributed by atoms with Crippen molar-refractivity contribution in [1.82, 2.24) is 9.78 Å². The molecule has 0 amide bonds. The van der Waals surface area contributed by atoms with Crippen LogP contribution in [-0.4, -0.2) is 30.1 Å². The Hall–Kier alpha value is -2.83. The van der Waals surface area contributed by atoms with E-state index in [2.05, 4.69) is 17.2 Å². The molecule has 0 saturated heterocycles. The lowest BCUT2D eigenvalue weighted by Gasteiger charge is -2.10. The van der Waals surface area contributed by atoms with Gasteiger partial charge in [-0.1, -0.05) is 60.5 Å². The largest absolute Gasteiger partial charge is 0.497 e. The predicted octanol–water partition coefficient (Wildman–Crippen LogP) is 5.11. The summed E-state index contributed by atoms with van der Waals surface area (Å²) in [5.41, 5.74) is 1.76. The van der Waals surface area contributed by atoms with Crippen LogP contribution in [0, 0.1) is 0 Å². The SMILES string of the molecule is COc1ccc(Cn2ncc(OCCCCCCOCc3ccccc3)c(Cl)c2=O)cc1. The molecule has 3 aromatic rings. The second-order valence-corrected chi connectivity index (χ2v) is 7.81. The van der Waals surface area contributed by atoms with E-state index in [9.17, 15) is 4.79 Å². The number of hydrogen-bond acceptors (Lipinski definition) is 5. The lowest BCUT2D eigenvalue weighted by Crippen LogP contribution is -2.24. The van der Waals surface area contributed by atoms with E-state index < -0.39 is 0 Å². The Bertz CT molecular complexity index is 1010. The molecule has 0 atom stereocenters. The van der Waals surface area contributed by atoms with Crippen LogP contribution in [0.25, 0.3) is 0 Å². The first-order valence-electron chi connectivity index (χ1n) is 10.8. The lowest BCUT2D eigenvalue weighted by atomic mass is 10.2. The molecule has 0 radical (unpaired) electrons. The Balaban J connectivity index is 1.34. The molecule has 1 heterocycles. The number of aromatic nitrogens is 2. The van der Waals surface area contributed by atoms with Gasteiger partial charge in [0, 0.05) is 6.61 Å². The van der Waals surface area contributed by atoms with E-state index in [0.29, 0.717) is 25.5 Å². The lowest BCUT2D eigenvalue weighted by molar-refractivity contribution is 0.116. The molecule has 0 saturated carbocycles. The fourth-order valence-corrected chi connectivity index (χ4v) is 3.37. The summed E-state index contributed by atoms with van der Waals surface area (Å²) in [7, 11) is 1.61. The van der Waals surface area contributed by atoms with E-state index in [4.69, 9.17) is 25.8 Å². The minimum absolute atomic E-state index is 0.0582. The fourth-order valence-electron chi connectivity index (χ4n) is 3.17. The molecule has 0 aliphatic heterocycles. The highest BCUT2D eigenvalue weighted by Crippen LogP contribution is 2.19. The maximum absolute atomic E-state index is 12.5. The van der Waals surface area contributed by atoms with Crippen molar-refractivity contribution in [3.63, 3.8) is 0 Å². The summed E-state index contributed by atoms with van der Waals surface area (Å²) < 4.78 is 17.8. The van der Waals surface area contributed by atoms with Crippen LogP contribution in [0.4, 0.5) is 0 Å². The average molecular weight is 457 g/mol. The summed E-state index contributed by atoms with van der Waals surface area (Å²) in [6.45, 7) is 2.22. The highest BCUT2D eigenvalue weighted by Gasteiger charge is 2.11. The van der Waals surface area contributed by atoms with Crippen molar-refractivity contribution in [3.05, 3.63) is 87.3 Å². The molecule has 32 heavy (non-hydrogen) atoms. The molecule has 0 aliphatic carbocycles. The van der Waals surface area contributed by atoms with Gasteiger partial charge in [-0.3, -0.25) is 4.79 Å². The Morgan fingerprint density at radius 2 is 1.62 bits per heavy atom. The quantitative estimate of drug-likeness (QED) is 0.334. The number of hydrogen-bond donors (Lipinski definition) is 0. The molecule has 0 fully saturated rings. The number of nitrogens with zero attached hydrogens (tertiary/aromatic N) is 2. The number of halogens is 1. The van der Waals surface area contributed by atoms with Gasteiger partial charge in [0.25, 0.3) is 5.56 Å². The Morgan fingerprint density at radius 3 is 2.34 bits per heavy atom. The van der Waals surface area contributed by atoms with Crippen LogP contribution in [-0.2, 0) is 17.9 Å². The topological polar surface area (TPSA) is 62.6 Å². The van der Waals surface area contributed by atoms with E-state index in [-0.39, 0.29) is 10.6 Å². The van der Waals surface area contributed by atoms with Gasteiger partial charge < -0.3 is 14.2 Å². The van der Waals surface area contributed by atoms with Crippen molar-refractivity contribution in [2.45, 2.75) is 38.8 Å².